The second-order valence-electron chi connectivity index (χ2n) is 7.10. The van der Waals surface area contributed by atoms with Gasteiger partial charge in [0.05, 0.1) is 17.8 Å². The van der Waals surface area contributed by atoms with Crippen LogP contribution in [0.3, 0.4) is 0 Å². The van der Waals surface area contributed by atoms with Gasteiger partial charge in [-0.3, -0.25) is 4.79 Å². The standard InChI is InChI=1S/C22H17ClN4O3/c1-30-19-9-4-13(10-16(19)23)27-25-18-8-7-17-21(22(18)26-27)15(11-20(29)24-17)12-2-5-14(28)6-3-12/h2-10,15,28H,11H2,1H3,(H,24,29). The molecule has 0 saturated heterocycles. The third kappa shape index (κ3) is 3.04. The maximum Gasteiger partial charge on any atom is 0.225 e. The van der Waals surface area contributed by atoms with Crippen molar-refractivity contribution in [1.82, 2.24) is 15.0 Å². The number of phenolic OH excluding ortho intramolecular Hbond substituents is 1. The largest absolute Gasteiger partial charge is 0.508 e. The number of hydrogen-bond donors (Lipinski definition) is 2. The molecule has 1 aliphatic rings. The van der Waals surface area contributed by atoms with Crippen molar-refractivity contribution in [3.63, 3.8) is 0 Å². The van der Waals surface area contributed by atoms with Crippen LogP contribution in [0.2, 0.25) is 5.02 Å². The molecule has 150 valence electrons. The minimum Gasteiger partial charge on any atom is -0.508 e. The Bertz CT molecular complexity index is 1280. The Hall–Kier alpha value is -3.58. The molecule has 1 aliphatic heterocycles. The zero-order chi connectivity index (χ0) is 20.8. The number of carbonyl (C=O) groups is 1. The van der Waals surface area contributed by atoms with Gasteiger partial charge in [0.1, 0.15) is 22.5 Å². The molecule has 1 atom stereocenters. The van der Waals surface area contributed by atoms with Crippen LogP contribution in [0, 0.1) is 0 Å². The van der Waals surface area contributed by atoms with E-state index in [1.165, 1.54) is 4.80 Å². The summed E-state index contributed by atoms with van der Waals surface area (Å²) in [5.41, 5.74) is 4.67. The Balaban J connectivity index is 1.67. The monoisotopic (exact) mass is 420 g/mol. The fraction of sp³-hybridized carbons (Fsp3) is 0.136. The van der Waals surface area contributed by atoms with Crippen molar-refractivity contribution in [1.29, 1.82) is 0 Å². The number of aromatic nitrogens is 3. The van der Waals surface area contributed by atoms with Gasteiger partial charge < -0.3 is 15.2 Å². The highest BCUT2D eigenvalue weighted by Crippen LogP contribution is 2.41. The van der Waals surface area contributed by atoms with Crippen LogP contribution in [0.15, 0.2) is 54.6 Å². The van der Waals surface area contributed by atoms with Gasteiger partial charge >= 0.3 is 0 Å². The van der Waals surface area contributed by atoms with Crippen molar-refractivity contribution in [2.24, 2.45) is 0 Å². The third-order valence-corrected chi connectivity index (χ3v) is 5.56. The van der Waals surface area contributed by atoms with E-state index in [-0.39, 0.29) is 24.0 Å². The van der Waals surface area contributed by atoms with E-state index >= 15 is 0 Å². The third-order valence-electron chi connectivity index (χ3n) is 5.27. The molecule has 0 saturated carbocycles. The minimum atomic E-state index is -0.192. The van der Waals surface area contributed by atoms with Crippen molar-refractivity contribution < 1.29 is 14.6 Å². The number of rotatable bonds is 3. The van der Waals surface area contributed by atoms with Crippen LogP contribution >= 0.6 is 11.6 Å². The summed E-state index contributed by atoms with van der Waals surface area (Å²) in [7, 11) is 1.56. The van der Waals surface area contributed by atoms with Crippen LogP contribution < -0.4 is 10.1 Å². The summed E-state index contributed by atoms with van der Waals surface area (Å²) in [6, 6.07) is 15.9. The van der Waals surface area contributed by atoms with Crippen LogP contribution in [0.25, 0.3) is 16.7 Å². The van der Waals surface area contributed by atoms with E-state index in [2.05, 4.69) is 10.4 Å². The number of amides is 1. The Morgan fingerprint density at radius 2 is 1.93 bits per heavy atom. The Labute approximate surface area is 176 Å². The predicted molar refractivity (Wildman–Crippen MR) is 114 cm³/mol. The molecular formula is C22H17ClN4O3. The number of ether oxygens (including phenoxy) is 1. The SMILES string of the molecule is COc1ccc(-n2nc3ccc4c(c3n2)C(c2ccc(O)cc2)CC(=O)N4)cc1Cl. The second-order valence-corrected chi connectivity index (χ2v) is 7.51. The highest BCUT2D eigenvalue weighted by atomic mass is 35.5. The number of fused-ring (bicyclic) bond motifs is 3. The molecule has 0 spiro atoms. The first-order chi connectivity index (χ1) is 14.5. The summed E-state index contributed by atoms with van der Waals surface area (Å²) >= 11 is 6.26. The van der Waals surface area contributed by atoms with Crippen molar-refractivity contribution in [3.8, 4) is 17.2 Å². The number of nitrogens with one attached hydrogen (secondary N) is 1. The first-order valence-corrected chi connectivity index (χ1v) is 9.74. The maximum atomic E-state index is 12.3. The highest BCUT2D eigenvalue weighted by molar-refractivity contribution is 6.32. The molecule has 30 heavy (non-hydrogen) atoms. The van der Waals surface area contributed by atoms with Gasteiger partial charge in [0, 0.05) is 23.6 Å². The molecule has 0 fully saturated rings. The van der Waals surface area contributed by atoms with Gasteiger partial charge in [0.2, 0.25) is 5.91 Å². The molecule has 2 heterocycles. The molecule has 4 aromatic rings. The lowest BCUT2D eigenvalue weighted by Crippen LogP contribution is -2.23. The smallest absolute Gasteiger partial charge is 0.225 e. The quantitative estimate of drug-likeness (QED) is 0.517. The molecule has 0 bridgehead atoms. The average Bonchev–Trinajstić information content (AvgIpc) is 3.18. The number of methoxy groups -OCH3 is 1. The summed E-state index contributed by atoms with van der Waals surface area (Å²) in [4.78, 5) is 13.8. The van der Waals surface area contributed by atoms with E-state index in [1.54, 1.807) is 31.4 Å². The molecule has 3 aromatic carbocycles. The average molecular weight is 421 g/mol. The van der Waals surface area contributed by atoms with Crippen molar-refractivity contribution in [2.45, 2.75) is 12.3 Å². The molecule has 7 nitrogen and oxygen atoms in total. The van der Waals surface area contributed by atoms with E-state index in [9.17, 15) is 9.90 Å². The Kier molecular flexibility index (Phi) is 4.33. The molecule has 1 amide bonds. The van der Waals surface area contributed by atoms with Gasteiger partial charge in [-0.05, 0) is 48.0 Å². The predicted octanol–water partition coefficient (Wildman–Crippen LogP) is 4.26. The van der Waals surface area contributed by atoms with Gasteiger partial charge in [-0.25, -0.2) is 0 Å². The summed E-state index contributed by atoms with van der Waals surface area (Å²) in [5, 5.41) is 22.4. The van der Waals surface area contributed by atoms with Crippen LogP contribution in [-0.2, 0) is 4.79 Å². The number of aromatic hydroxyl groups is 1. The fourth-order valence-corrected chi connectivity index (χ4v) is 4.09. The first kappa shape index (κ1) is 18.4. The van der Waals surface area contributed by atoms with Gasteiger partial charge in [0.15, 0.2) is 0 Å². The Morgan fingerprint density at radius 3 is 2.67 bits per heavy atom. The molecule has 1 aromatic heterocycles. The molecule has 5 rings (SSSR count). The van der Waals surface area contributed by atoms with E-state index in [0.717, 1.165) is 16.8 Å². The van der Waals surface area contributed by atoms with E-state index in [4.69, 9.17) is 21.4 Å². The number of benzene rings is 3. The second kappa shape index (κ2) is 7.03. The summed E-state index contributed by atoms with van der Waals surface area (Å²) in [6.45, 7) is 0. The van der Waals surface area contributed by atoms with E-state index < -0.39 is 0 Å². The van der Waals surface area contributed by atoms with Crippen LogP contribution in [0.5, 0.6) is 11.5 Å². The molecule has 1 unspecified atom stereocenters. The normalized spacial score (nSPS) is 15.7. The first-order valence-electron chi connectivity index (χ1n) is 9.36. The molecule has 0 aliphatic carbocycles. The molecule has 8 heteroatoms. The summed E-state index contributed by atoms with van der Waals surface area (Å²) in [5.74, 6) is 0.501. The number of nitrogens with zero attached hydrogens (tertiary/aromatic N) is 3. The highest BCUT2D eigenvalue weighted by Gasteiger charge is 2.30. The lowest BCUT2D eigenvalue weighted by Gasteiger charge is -2.26. The molecule has 2 N–H and O–H groups in total. The molecule has 0 radical (unpaired) electrons. The van der Waals surface area contributed by atoms with Gasteiger partial charge in [-0.2, -0.15) is 4.80 Å². The number of halogens is 1. The number of carbonyl (C=O) groups excluding carboxylic acids is 1. The molecular weight excluding hydrogens is 404 g/mol. The fourth-order valence-electron chi connectivity index (χ4n) is 3.84. The maximum absolute atomic E-state index is 12.3. The van der Waals surface area contributed by atoms with Crippen molar-refractivity contribution in [2.75, 3.05) is 12.4 Å². The van der Waals surface area contributed by atoms with E-state index in [0.29, 0.717) is 27.5 Å². The van der Waals surface area contributed by atoms with Crippen LogP contribution in [-0.4, -0.2) is 33.1 Å². The zero-order valence-electron chi connectivity index (χ0n) is 16.0. The summed E-state index contributed by atoms with van der Waals surface area (Å²) < 4.78 is 5.21. The van der Waals surface area contributed by atoms with Gasteiger partial charge in [-0.1, -0.05) is 23.7 Å². The van der Waals surface area contributed by atoms with Crippen LogP contribution in [0.1, 0.15) is 23.5 Å². The van der Waals surface area contributed by atoms with Crippen LogP contribution in [0.4, 0.5) is 5.69 Å². The summed E-state index contributed by atoms with van der Waals surface area (Å²) in [6.07, 6.45) is 0.290. The minimum absolute atomic E-state index is 0.0609. The number of anilines is 1. The van der Waals surface area contributed by atoms with Gasteiger partial charge in [0.25, 0.3) is 0 Å². The van der Waals surface area contributed by atoms with Crippen molar-refractivity contribution >= 4 is 34.2 Å². The number of phenols is 1. The lowest BCUT2D eigenvalue weighted by atomic mass is 9.84. The van der Waals surface area contributed by atoms with Crippen molar-refractivity contribution in [3.05, 3.63) is 70.7 Å². The topological polar surface area (TPSA) is 89.3 Å². The number of hydrogen-bond acceptors (Lipinski definition) is 5. The van der Waals surface area contributed by atoms with E-state index in [1.807, 2.05) is 30.3 Å². The zero-order valence-corrected chi connectivity index (χ0v) is 16.7. The lowest BCUT2D eigenvalue weighted by molar-refractivity contribution is -0.116. The van der Waals surface area contributed by atoms with Gasteiger partial charge in [-0.15, -0.1) is 10.2 Å². The Morgan fingerprint density at radius 1 is 1.13 bits per heavy atom.